The van der Waals surface area contributed by atoms with Crippen LogP contribution in [-0.2, 0) is 19.2 Å². The molecule has 2 aromatic carbocycles. The summed E-state index contributed by atoms with van der Waals surface area (Å²) in [7, 11) is 1.63. The zero-order valence-electron chi connectivity index (χ0n) is 18.9. The summed E-state index contributed by atoms with van der Waals surface area (Å²) >= 11 is 0. The number of hydrogen-bond acceptors (Lipinski definition) is 5. The highest BCUT2D eigenvalue weighted by Gasteiger charge is 2.45. The Morgan fingerprint density at radius 2 is 1.48 bits per heavy atom. The van der Waals surface area contributed by atoms with E-state index in [0.717, 1.165) is 6.29 Å². The maximum absolute atomic E-state index is 12.6. The molecule has 0 atom stereocenters. The number of benzene rings is 2. The monoisotopic (exact) mass is 448 g/mol. The second kappa shape index (κ2) is 9.23. The molecule has 170 valence electrons. The van der Waals surface area contributed by atoms with Gasteiger partial charge >= 0.3 is 0 Å². The van der Waals surface area contributed by atoms with Crippen molar-refractivity contribution in [1.29, 1.82) is 0 Å². The lowest BCUT2D eigenvalue weighted by Gasteiger charge is -2.27. The second-order valence-corrected chi connectivity index (χ2v) is 8.08. The van der Waals surface area contributed by atoms with Gasteiger partial charge in [-0.25, -0.2) is 9.98 Å². The number of carbonyl (C=O) groups excluding carboxylic acids is 5. The van der Waals surface area contributed by atoms with Gasteiger partial charge in [-0.3, -0.25) is 24.0 Å². The first kappa shape index (κ1) is 23.6. The first-order valence-corrected chi connectivity index (χ1v) is 10.4. The van der Waals surface area contributed by atoms with Gasteiger partial charge in [0.1, 0.15) is 18.1 Å². The van der Waals surface area contributed by atoms with Crippen LogP contribution in [0.25, 0.3) is 0 Å². The zero-order valence-corrected chi connectivity index (χ0v) is 18.9. The quantitative estimate of drug-likeness (QED) is 0.506. The summed E-state index contributed by atoms with van der Waals surface area (Å²) in [6.07, 6.45) is 0.501. The van der Waals surface area contributed by atoms with E-state index in [1.165, 1.54) is 4.90 Å². The predicted octanol–water partition coefficient (Wildman–Crippen LogP) is 1.24. The molecule has 0 N–H and O–H groups in total. The third kappa shape index (κ3) is 4.62. The topological polar surface area (TPSA) is 117 Å². The van der Waals surface area contributed by atoms with Gasteiger partial charge in [-0.15, -0.1) is 0 Å². The van der Waals surface area contributed by atoms with Crippen molar-refractivity contribution in [2.75, 3.05) is 23.4 Å². The smallest absolute Gasteiger partial charge is 0.255 e. The normalized spacial score (nSPS) is 16.8. The van der Waals surface area contributed by atoms with E-state index < -0.39 is 17.2 Å². The summed E-state index contributed by atoms with van der Waals surface area (Å²) in [5.74, 6) is -1.37. The molecule has 2 heterocycles. The number of amides is 4. The standard InChI is InChI=1S/C15H18N2O3.C9H6N2O2/c1-5-17-11-7-6-10(9-18)8-12(11)16(4)13(19)15(2,3)14(17)20;12-8-5-9(13)11-7-4-2-1-3-6(7)10-8/h6-9H,5H2,1-4H3;1-4H,5H2. The van der Waals surface area contributed by atoms with Crippen LogP contribution < -0.4 is 20.5 Å². The van der Waals surface area contributed by atoms with Crippen LogP contribution in [0.2, 0.25) is 0 Å². The molecule has 9 heteroatoms. The molecule has 9 nitrogen and oxygen atoms in total. The van der Waals surface area contributed by atoms with Crippen molar-refractivity contribution in [2.45, 2.75) is 27.2 Å². The SMILES string of the molecule is CCN1C(=O)C(C)(C)C(=O)N(C)c2cc(C=O)ccc21.O=C1CC(=O)N=c2ccccc2=N1. The van der Waals surface area contributed by atoms with Crippen LogP contribution in [0.4, 0.5) is 11.4 Å². The Labute approximate surface area is 190 Å². The molecule has 0 saturated heterocycles. The maximum atomic E-state index is 12.6. The van der Waals surface area contributed by atoms with E-state index in [4.69, 9.17) is 0 Å². The molecule has 2 aliphatic rings. The van der Waals surface area contributed by atoms with Crippen LogP contribution in [0.3, 0.4) is 0 Å². The number of hydrogen-bond donors (Lipinski definition) is 0. The molecule has 2 aromatic rings. The molecule has 2 aliphatic heterocycles. The van der Waals surface area contributed by atoms with Crippen molar-refractivity contribution in [2.24, 2.45) is 15.4 Å². The summed E-state index contributed by atoms with van der Waals surface area (Å²) in [5, 5.41) is 0.941. The fourth-order valence-corrected chi connectivity index (χ4v) is 3.62. The van der Waals surface area contributed by atoms with E-state index in [1.807, 2.05) is 6.92 Å². The van der Waals surface area contributed by atoms with Gasteiger partial charge < -0.3 is 9.80 Å². The van der Waals surface area contributed by atoms with Crippen molar-refractivity contribution >= 4 is 41.3 Å². The van der Waals surface area contributed by atoms with Gasteiger partial charge in [0.15, 0.2) is 0 Å². The van der Waals surface area contributed by atoms with Crippen LogP contribution >= 0.6 is 0 Å². The predicted molar refractivity (Wildman–Crippen MR) is 120 cm³/mol. The minimum atomic E-state index is -1.12. The highest BCUT2D eigenvalue weighted by Crippen LogP contribution is 2.38. The molecular weight excluding hydrogens is 424 g/mol. The summed E-state index contributed by atoms with van der Waals surface area (Å²) in [6.45, 7) is 5.59. The van der Waals surface area contributed by atoms with Gasteiger partial charge in [-0.2, -0.15) is 0 Å². The Morgan fingerprint density at radius 3 is 2.00 bits per heavy atom. The van der Waals surface area contributed by atoms with E-state index in [-0.39, 0.29) is 18.2 Å². The first-order chi connectivity index (χ1) is 15.6. The van der Waals surface area contributed by atoms with Crippen molar-refractivity contribution < 1.29 is 24.0 Å². The van der Waals surface area contributed by atoms with Gasteiger partial charge in [0, 0.05) is 19.2 Å². The van der Waals surface area contributed by atoms with Crippen LogP contribution in [0, 0.1) is 5.41 Å². The summed E-state index contributed by atoms with van der Waals surface area (Å²) in [4.78, 5) is 68.5. The maximum Gasteiger partial charge on any atom is 0.255 e. The summed E-state index contributed by atoms with van der Waals surface area (Å²) in [5.41, 5.74) is 0.599. The van der Waals surface area contributed by atoms with E-state index in [2.05, 4.69) is 9.98 Å². The fraction of sp³-hybridized carbons (Fsp3) is 0.292. The van der Waals surface area contributed by atoms with E-state index >= 15 is 0 Å². The van der Waals surface area contributed by atoms with E-state index in [1.54, 1.807) is 68.3 Å². The van der Waals surface area contributed by atoms with Gasteiger partial charge in [0.2, 0.25) is 11.8 Å². The third-order valence-electron chi connectivity index (χ3n) is 5.40. The number of anilines is 2. The Hall–Kier alpha value is -4.01. The van der Waals surface area contributed by atoms with Crippen molar-refractivity contribution in [3.05, 3.63) is 58.7 Å². The van der Waals surface area contributed by atoms with Crippen molar-refractivity contribution in [1.82, 2.24) is 0 Å². The van der Waals surface area contributed by atoms with Crippen molar-refractivity contribution in [3.63, 3.8) is 0 Å². The van der Waals surface area contributed by atoms with Crippen molar-refractivity contribution in [3.8, 4) is 0 Å². The molecular formula is C24H24N4O5. The van der Waals surface area contributed by atoms with Crippen LogP contribution in [0.5, 0.6) is 0 Å². The molecule has 4 amide bonds. The second-order valence-electron chi connectivity index (χ2n) is 8.08. The Morgan fingerprint density at radius 1 is 0.909 bits per heavy atom. The van der Waals surface area contributed by atoms with Gasteiger partial charge in [0.25, 0.3) is 11.8 Å². The molecule has 0 unspecified atom stereocenters. The van der Waals surface area contributed by atoms with Gasteiger partial charge in [0.05, 0.1) is 22.1 Å². The number of aldehydes is 1. The van der Waals surface area contributed by atoms with Crippen LogP contribution in [0.15, 0.2) is 52.4 Å². The molecule has 0 radical (unpaired) electrons. The number of nitrogens with zero attached hydrogens (tertiary/aromatic N) is 4. The highest BCUT2D eigenvalue weighted by atomic mass is 16.2. The average Bonchev–Trinajstić information content (AvgIpc) is 2.97. The third-order valence-corrected chi connectivity index (χ3v) is 5.40. The van der Waals surface area contributed by atoms with Gasteiger partial charge in [-0.1, -0.05) is 12.1 Å². The fourth-order valence-electron chi connectivity index (χ4n) is 3.62. The summed E-state index contributed by atoms with van der Waals surface area (Å²) in [6, 6.07) is 11.8. The Bertz CT molecular complexity index is 1240. The highest BCUT2D eigenvalue weighted by molar-refractivity contribution is 6.20. The number of fused-ring (bicyclic) bond motifs is 2. The molecule has 0 bridgehead atoms. The minimum Gasteiger partial charge on any atom is -0.313 e. The molecule has 0 fully saturated rings. The van der Waals surface area contributed by atoms with Crippen LogP contribution in [0.1, 0.15) is 37.6 Å². The summed E-state index contributed by atoms with van der Waals surface area (Å²) < 4.78 is 0. The molecule has 33 heavy (non-hydrogen) atoms. The largest absolute Gasteiger partial charge is 0.313 e. The minimum absolute atomic E-state index is 0.227. The molecule has 0 saturated carbocycles. The lowest BCUT2D eigenvalue weighted by atomic mass is 9.90. The molecule has 0 aromatic heterocycles. The first-order valence-electron chi connectivity index (χ1n) is 10.4. The number of rotatable bonds is 2. The Balaban J connectivity index is 0.000000203. The van der Waals surface area contributed by atoms with E-state index in [0.29, 0.717) is 34.2 Å². The lowest BCUT2D eigenvalue weighted by Crippen LogP contribution is -2.47. The lowest BCUT2D eigenvalue weighted by molar-refractivity contribution is -0.137. The molecule has 4 rings (SSSR count). The number of para-hydroxylation sites is 2. The molecule has 0 aliphatic carbocycles. The zero-order chi connectivity index (χ0) is 24.3. The van der Waals surface area contributed by atoms with E-state index in [9.17, 15) is 24.0 Å². The number of carbonyl (C=O) groups is 5. The average molecular weight is 448 g/mol. The van der Waals surface area contributed by atoms with Gasteiger partial charge in [-0.05, 0) is 51.1 Å². The van der Waals surface area contributed by atoms with Crippen LogP contribution in [-0.4, -0.2) is 43.5 Å². The Kier molecular flexibility index (Phi) is 6.62. The molecule has 0 spiro atoms.